The van der Waals surface area contributed by atoms with Crippen molar-refractivity contribution in [1.29, 1.82) is 0 Å². The Kier molecular flexibility index (Phi) is 5.10. The summed E-state index contributed by atoms with van der Waals surface area (Å²) in [5, 5.41) is 14.3. The summed E-state index contributed by atoms with van der Waals surface area (Å²) in [6, 6.07) is 3.90. The summed E-state index contributed by atoms with van der Waals surface area (Å²) in [7, 11) is 0. The molecule has 0 unspecified atom stereocenters. The van der Waals surface area contributed by atoms with Crippen LogP contribution in [0.2, 0.25) is 0 Å². The number of carboxylic acids is 1. The van der Waals surface area contributed by atoms with E-state index in [1.54, 1.807) is 11.6 Å². The van der Waals surface area contributed by atoms with Crippen LogP contribution in [0, 0.1) is 0 Å². The van der Waals surface area contributed by atoms with Gasteiger partial charge in [0.25, 0.3) is 0 Å². The van der Waals surface area contributed by atoms with Crippen molar-refractivity contribution in [3.8, 4) is 0 Å². The first-order valence-corrected chi connectivity index (χ1v) is 7.64. The van der Waals surface area contributed by atoms with Gasteiger partial charge in [0.05, 0.1) is 24.0 Å². The minimum Gasteiger partial charge on any atom is -0.481 e. The smallest absolute Gasteiger partial charge is 0.309 e. The monoisotopic (exact) mass is 306 g/mol. The number of nitrogens with zero attached hydrogens (tertiary/aromatic N) is 3. The van der Waals surface area contributed by atoms with Crippen LogP contribution in [0.4, 0.5) is 16.6 Å². The standard InChI is InChI=1S/C14H18N4O2S/c1-3-18(4-2)12-6-5-10(8-15-12)16-14-17-11(9-21-14)7-13(19)20/h5-6,8-9H,3-4,7H2,1-2H3,(H,16,17)(H,19,20). The van der Waals surface area contributed by atoms with E-state index in [2.05, 4.69) is 34.0 Å². The fourth-order valence-electron chi connectivity index (χ4n) is 1.92. The highest BCUT2D eigenvalue weighted by molar-refractivity contribution is 7.13. The van der Waals surface area contributed by atoms with Gasteiger partial charge in [0.1, 0.15) is 5.82 Å². The van der Waals surface area contributed by atoms with Crippen LogP contribution in [0.3, 0.4) is 0 Å². The van der Waals surface area contributed by atoms with Gasteiger partial charge in [0.15, 0.2) is 5.13 Å². The van der Waals surface area contributed by atoms with Gasteiger partial charge >= 0.3 is 5.97 Å². The fraction of sp³-hybridized carbons (Fsp3) is 0.357. The molecule has 2 aromatic heterocycles. The number of carbonyl (C=O) groups is 1. The van der Waals surface area contributed by atoms with Gasteiger partial charge < -0.3 is 15.3 Å². The Morgan fingerprint density at radius 2 is 2.14 bits per heavy atom. The molecule has 0 aliphatic rings. The van der Waals surface area contributed by atoms with E-state index >= 15 is 0 Å². The minimum atomic E-state index is -0.878. The Labute approximate surface area is 127 Å². The molecule has 0 bridgehead atoms. The number of aliphatic carboxylic acids is 1. The van der Waals surface area contributed by atoms with Crippen molar-refractivity contribution in [3.05, 3.63) is 29.4 Å². The van der Waals surface area contributed by atoms with Gasteiger partial charge in [-0.15, -0.1) is 11.3 Å². The summed E-state index contributed by atoms with van der Waals surface area (Å²) >= 11 is 1.38. The predicted octanol–water partition coefficient (Wildman–Crippen LogP) is 2.76. The first-order chi connectivity index (χ1) is 10.1. The third kappa shape index (κ3) is 4.16. The van der Waals surface area contributed by atoms with Crippen molar-refractivity contribution in [1.82, 2.24) is 9.97 Å². The van der Waals surface area contributed by atoms with E-state index in [4.69, 9.17) is 5.11 Å². The summed E-state index contributed by atoms with van der Waals surface area (Å²) < 4.78 is 0. The second kappa shape index (κ2) is 7.03. The van der Waals surface area contributed by atoms with Crippen LogP contribution >= 0.6 is 11.3 Å². The highest BCUT2D eigenvalue weighted by Gasteiger charge is 2.07. The zero-order chi connectivity index (χ0) is 15.2. The minimum absolute atomic E-state index is 0.0582. The molecule has 0 atom stereocenters. The van der Waals surface area contributed by atoms with Gasteiger partial charge in [-0.1, -0.05) is 0 Å². The molecule has 0 radical (unpaired) electrons. The summed E-state index contributed by atoms with van der Waals surface area (Å²) in [4.78, 5) is 21.4. The average molecular weight is 306 g/mol. The molecule has 2 heterocycles. The number of anilines is 3. The molecular formula is C14H18N4O2S. The SMILES string of the molecule is CCN(CC)c1ccc(Nc2nc(CC(=O)O)cs2)cn1. The Hall–Kier alpha value is -2.15. The lowest BCUT2D eigenvalue weighted by molar-refractivity contribution is -0.136. The third-order valence-electron chi connectivity index (χ3n) is 2.97. The lowest BCUT2D eigenvalue weighted by atomic mass is 10.3. The van der Waals surface area contributed by atoms with Gasteiger partial charge in [0.2, 0.25) is 0 Å². The van der Waals surface area contributed by atoms with Crippen LogP contribution in [-0.4, -0.2) is 34.1 Å². The molecule has 0 amide bonds. The molecule has 7 heteroatoms. The molecule has 2 aromatic rings. The Balaban J connectivity index is 2.03. The zero-order valence-electron chi connectivity index (χ0n) is 12.0. The number of pyridine rings is 1. The lowest BCUT2D eigenvalue weighted by Gasteiger charge is -2.19. The summed E-state index contributed by atoms with van der Waals surface area (Å²) in [6.45, 7) is 6.02. The number of nitrogens with one attached hydrogen (secondary N) is 1. The van der Waals surface area contributed by atoms with Crippen LogP contribution in [0.5, 0.6) is 0 Å². The second-order valence-electron chi connectivity index (χ2n) is 4.42. The van der Waals surface area contributed by atoms with E-state index in [0.717, 1.165) is 24.6 Å². The number of carboxylic acid groups (broad SMARTS) is 1. The van der Waals surface area contributed by atoms with E-state index in [1.165, 1.54) is 11.3 Å². The van der Waals surface area contributed by atoms with Crippen molar-refractivity contribution in [2.24, 2.45) is 0 Å². The molecule has 6 nitrogen and oxygen atoms in total. The van der Waals surface area contributed by atoms with Crippen LogP contribution in [0.25, 0.3) is 0 Å². The molecule has 0 aliphatic carbocycles. The number of thiazole rings is 1. The second-order valence-corrected chi connectivity index (χ2v) is 5.27. The van der Waals surface area contributed by atoms with Crippen LogP contribution < -0.4 is 10.2 Å². The molecular weight excluding hydrogens is 288 g/mol. The van der Waals surface area contributed by atoms with E-state index < -0.39 is 5.97 Å². The first kappa shape index (κ1) is 15.2. The van der Waals surface area contributed by atoms with Crippen LogP contribution in [-0.2, 0) is 11.2 Å². The van der Waals surface area contributed by atoms with Gasteiger partial charge in [-0.25, -0.2) is 9.97 Å². The average Bonchev–Trinajstić information content (AvgIpc) is 2.88. The van der Waals surface area contributed by atoms with Gasteiger partial charge in [-0.05, 0) is 26.0 Å². The summed E-state index contributed by atoms with van der Waals surface area (Å²) in [6.07, 6.45) is 1.70. The largest absolute Gasteiger partial charge is 0.481 e. The quantitative estimate of drug-likeness (QED) is 0.819. The Morgan fingerprint density at radius 1 is 1.38 bits per heavy atom. The maximum atomic E-state index is 10.6. The normalized spacial score (nSPS) is 10.4. The van der Waals surface area contributed by atoms with Crippen molar-refractivity contribution < 1.29 is 9.90 Å². The van der Waals surface area contributed by atoms with Crippen molar-refractivity contribution in [2.75, 3.05) is 23.3 Å². The molecule has 2 N–H and O–H groups in total. The van der Waals surface area contributed by atoms with Crippen molar-refractivity contribution >= 4 is 33.9 Å². The summed E-state index contributed by atoms with van der Waals surface area (Å²) in [5.74, 6) is 0.0633. The van der Waals surface area contributed by atoms with Crippen molar-refractivity contribution in [2.45, 2.75) is 20.3 Å². The zero-order valence-corrected chi connectivity index (χ0v) is 12.9. The van der Waals surface area contributed by atoms with E-state index in [-0.39, 0.29) is 6.42 Å². The molecule has 0 aliphatic heterocycles. The van der Waals surface area contributed by atoms with E-state index in [0.29, 0.717) is 10.8 Å². The molecule has 0 fully saturated rings. The molecule has 0 saturated carbocycles. The van der Waals surface area contributed by atoms with Crippen molar-refractivity contribution in [3.63, 3.8) is 0 Å². The highest BCUT2D eigenvalue weighted by atomic mass is 32.1. The maximum Gasteiger partial charge on any atom is 0.309 e. The lowest BCUT2D eigenvalue weighted by Crippen LogP contribution is -2.22. The van der Waals surface area contributed by atoms with Gasteiger partial charge in [-0.2, -0.15) is 0 Å². The van der Waals surface area contributed by atoms with Crippen LogP contribution in [0.15, 0.2) is 23.7 Å². The molecule has 112 valence electrons. The van der Waals surface area contributed by atoms with Crippen LogP contribution in [0.1, 0.15) is 19.5 Å². The molecule has 2 rings (SSSR count). The predicted molar refractivity (Wildman–Crippen MR) is 84.5 cm³/mol. The summed E-state index contributed by atoms with van der Waals surface area (Å²) in [5.41, 5.74) is 1.39. The third-order valence-corrected chi connectivity index (χ3v) is 3.78. The van der Waals surface area contributed by atoms with E-state index in [9.17, 15) is 4.79 Å². The number of rotatable bonds is 7. The Bertz CT molecular complexity index is 593. The van der Waals surface area contributed by atoms with Gasteiger partial charge in [0, 0.05) is 18.5 Å². The number of aromatic nitrogens is 2. The van der Waals surface area contributed by atoms with E-state index in [1.807, 2.05) is 12.1 Å². The maximum absolute atomic E-state index is 10.6. The fourth-order valence-corrected chi connectivity index (χ4v) is 2.65. The van der Waals surface area contributed by atoms with Gasteiger partial charge in [-0.3, -0.25) is 4.79 Å². The molecule has 0 spiro atoms. The highest BCUT2D eigenvalue weighted by Crippen LogP contribution is 2.22. The molecule has 0 aromatic carbocycles. The first-order valence-electron chi connectivity index (χ1n) is 6.76. The topological polar surface area (TPSA) is 78.4 Å². The Morgan fingerprint density at radius 3 is 2.71 bits per heavy atom. The molecule has 0 saturated heterocycles. The number of hydrogen-bond donors (Lipinski definition) is 2. The number of hydrogen-bond acceptors (Lipinski definition) is 6. The molecule has 21 heavy (non-hydrogen) atoms.